The molecule has 0 atom stereocenters. The minimum absolute atomic E-state index is 0.428. The Balaban J connectivity index is 3.69. The molecule has 44 valence electrons. The molecule has 0 aromatic heterocycles. The predicted molar refractivity (Wildman–Crippen MR) is 37.7 cm³/mol. The van der Waals surface area contributed by atoms with Crippen LogP contribution in [0.3, 0.4) is 0 Å². The molecule has 0 radical (unpaired) electrons. The minimum atomic E-state index is 0.428. The molecule has 3 heteroatoms. The Labute approximate surface area is 53.6 Å². The van der Waals surface area contributed by atoms with Gasteiger partial charge in [-0.2, -0.15) is 0 Å². The molecule has 0 aromatic carbocycles. The zero-order chi connectivity index (χ0) is 6.41. The van der Waals surface area contributed by atoms with Crippen molar-refractivity contribution in [2.24, 2.45) is 9.98 Å². The Bertz CT molecular complexity index is 126. The molecule has 0 aliphatic carbocycles. The average molecular weight is 131 g/mol. The highest BCUT2D eigenvalue weighted by atomic mass is 35.5. The Kier molecular flexibility index (Phi) is 4.17. The second-order valence-electron chi connectivity index (χ2n) is 1.04. The molecule has 8 heavy (non-hydrogen) atoms. The molecule has 0 N–H and O–H groups in total. The topological polar surface area (TPSA) is 24.7 Å². The number of nitrogens with zero attached hydrogens (tertiary/aromatic N) is 2. The summed E-state index contributed by atoms with van der Waals surface area (Å²) in [5.74, 6) is 0. The van der Waals surface area contributed by atoms with Crippen LogP contribution in [0.25, 0.3) is 0 Å². The second-order valence-corrected chi connectivity index (χ2v) is 1.43. The molecule has 0 fully saturated rings. The van der Waals surface area contributed by atoms with Crippen molar-refractivity contribution in [3.63, 3.8) is 0 Å². The molecule has 0 unspecified atom stereocenters. The summed E-state index contributed by atoms with van der Waals surface area (Å²) in [7, 11) is 0. The van der Waals surface area contributed by atoms with Crippen LogP contribution in [0.2, 0.25) is 0 Å². The van der Waals surface area contributed by atoms with Gasteiger partial charge in [-0.1, -0.05) is 17.7 Å². The van der Waals surface area contributed by atoms with Crippen LogP contribution in [-0.2, 0) is 0 Å². The van der Waals surface area contributed by atoms with Crippen molar-refractivity contribution in [1.29, 1.82) is 0 Å². The molecule has 0 saturated heterocycles. The van der Waals surface area contributed by atoms with Gasteiger partial charge in [-0.25, -0.2) is 4.99 Å². The summed E-state index contributed by atoms with van der Waals surface area (Å²) in [4.78, 5) is 6.99. The van der Waals surface area contributed by atoms with Crippen molar-refractivity contribution >= 4 is 24.7 Å². The molecule has 2 nitrogen and oxygen atoms in total. The molecule has 0 aliphatic heterocycles. The number of hydrogen-bond donors (Lipinski definition) is 0. The van der Waals surface area contributed by atoms with Crippen LogP contribution >= 0.6 is 11.6 Å². The van der Waals surface area contributed by atoms with Crippen molar-refractivity contribution in [2.75, 3.05) is 0 Å². The van der Waals surface area contributed by atoms with Crippen molar-refractivity contribution in [2.45, 2.75) is 6.92 Å². The third-order valence-corrected chi connectivity index (χ3v) is 0.817. The first-order valence-corrected chi connectivity index (χ1v) is 2.49. The molecule has 0 aliphatic rings. The number of halogens is 1. The maximum Gasteiger partial charge on any atom is 0.126 e. The lowest BCUT2D eigenvalue weighted by Crippen LogP contribution is -1.63. The van der Waals surface area contributed by atoms with E-state index in [9.17, 15) is 0 Å². The first kappa shape index (κ1) is 7.37. The highest BCUT2D eigenvalue weighted by Crippen LogP contribution is 1.99. The first-order valence-electron chi connectivity index (χ1n) is 2.11. The minimum Gasteiger partial charge on any atom is -0.253 e. The Morgan fingerprint density at radius 2 is 2.38 bits per heavy atom. The third kappa shape index (κ3) is 3.56. The van der Waals surface area contributed by atoms with E-state index in [2.05, 4.69) is 16.7 Å². The maximum atomic E-state index is 5.42. The monoisotopic (exact) mass is 130 g/mol. The van der Waals surface area contributed by atoms with Gasteiger partial charge in [-0.3, -0.25) is 4.99 Å². The van der Waals surface area contributed by atoms with Gasteiger partial charge in [0.15, 0.2) is 0 Å². The number of aliphatic imine (C=N–C) groups is 2. The van der Waals surface area contributed by atoms with Crippen molar-refractivity contribution < 1.29 is 0 Å². The fourth-order valence-electron chi connectivity index (χ4n) is 0.171. The van der Waals surface area contributed by atoms with E-state index in [0.29, 0.717) is 5.16 Å². The van der Waals surface area contributed by atoms with E-state index < -0.39 is 0 Å². The molecule has 0 rings (SSSR count). The van der Waals surface area contributed by atoms with Crippen LogP contribution in [0, 0.1) is 0 Å². The van der Waals surface area contributed by atoms with Crippen LogP contribution in [0.15, 0.2) is 21.2 Å². The van der Waals surface area contributed by atoms with Crippen LogP contribution < -0.4 is 0 Å². The van der Waals surface area contributed by atoms with Gasteiger partial charge in [0.25, 0.3) is 0 Å². The Morgan fingerprint density at radius 3 is 2.75 bits per heavy atom. The number of rotatable bonds is 2. The SMILES string of the molecule is C=NC=NC(Cl)=CC. The van der Waals surface area contributed by atoms with Gasteiger partial charge in [-0.05, 0) is 13.6 Å². The highest BCUT2D eigenvalue weighted by Gasteiger charge is 1.75. The first-order chi connectivity index (χ1) is 3.81. The third-order valence-electron chi connectivity index (χ3n) is 0.501. The van der Waals surface area contributed by atoms with E-state index in [4.69, 9.17) is 11.6 Å². The molecular formula is C5H7ClN2. The molecule has 0 saturated carbocycles. The normalized spacial score (nSPS) is 12.5. The zero-order valence-electron chi connectivity index (χ0n) is 4.63. The summed E-state index contributed by atoms with van der Waals surface area (Å²) in [6.07, 6.45) is 2.96. The van der Waals surface area contributed by atoms with E-state index in [1.54, 1.807) is 13.0 Å². The molecular weight excluding hydrogens is 124 g/mol. The van der Waals surface area contributed by atoms with Gasteiger partial charge in [0.05, 0.1) is 0 Å². The lowest BCUT2D eigenvalue weighted by Gasteiger charge is -1.79. The fraction of sp³-hybridized carbons (Fsp3) is 0.200. The molecule has 0 heterocycles. The van der Waals surface area contributed by atoms with E-state index >= 15 is 0 Å². The van der Waals surface area contributed by atoms with Crippen molar-refractivity contribution in [3.8, 4) is 0 Å². The molecule has 0 amide bonds. The van der Waals surface area contributed by atoms with Gasteiger partial charge in [0.1, 0.15) is 11.5 Å². The summed E-state index contributed by atoms with van der Waals surface area (Å²) in [5.41, 5.74) is 0. The fourth-order valence-corrected chi connectivity index (χ4v) is 0.214. The van der Waals surface area contributed by atoms with Gasteiger partial charge in [-0.15, -0.1) is 0 Å². The standard InChI is InChI=1S/C5H7ClN2/c1-3-5(6)8-4-7-2/h3-4H,2H2,1H3. The van der Waals surface area contributed by atoms with E-state index in [0.717, 1.165) is 0 Å². The smallest absolute Gasteiger partial charge is 0.126 e. The van der Waals surface area contributed by atoms with Crippen molar-refractivity contribution in [1.82, 2.24) is 0 Å². The lowest BCUT2D eigenvalue weighted by molar-refractivity contribution is 1.47. The van der Waals surface area contributed by atoms with Crippen LogP contribution in [-0.4, -0.2) is 13.1 Å². The van der Waals surface area contributed by atoms with Gasteiger partial charge in [0.2, 0.25) is 0 Å². The van der Waals surface area contributed by atoms with E-state index in [1.165, 1.54) is 6.34 Å². The summed E-state index contributed by atoms with van der Waals surface area (Å²) < 4.78 is 0. The summed E-state index contributed by atoms with van der Waals surface area (Å²) in [5, 5.41) is 0.428. The molecule has 0 aromatic rings. The predicted octanol–water partition coefficient (Wildman–Crippen LogP) is 1.82. The second kappa shape index (κ2) is 4.53. The molecule has 0 bridgehead atoms. The molecule has 0 spiro atoms. The number of allylic oxidation sites excluding steroid dienone is 1. The van der Waals surface area contributed by atoms with E-state index in [-0.39, 0.29) is 0 Å². The lowest BCUT2D eigenvalue weighted by atomic mass is 10.7. The average Bonchev–Trinajstić information content (AvgIpc) is 1.83. The summed E-state index contributed by atoms with van der Waals surface area (Å²) >= 11 is 5.42. The quantitative estimate of drug-likeness (QED) is 0.310. The Morgan fingerprint density at radius 1 is 1.75 bits per heavy atom. The Hall–Kier alpha value is -0.630. The zero-order valence-corrected chi connectivity index (χ0v) is 5.39. The van der Waals surface area contributed by atoms with Gasteiger partial charge < -0.3 is 0 Å². The van der Waals surface area contributed by atoms with Crippen molar-refractivity contribution in [3.05, 3.63) is 11.2 Å². The highest BCUT2D eigenvalue weighted by molar-refractivity contribution is 6.29. The van der Waals surface area contributed by atoms with Gasteiger partial charge >= 0.3 is 0 Å². The van der Waals surface area contributed by atoms with Crippen LogP contribution in [0.4, 0.5) is 0 Å². The maximum absolute atomic E-state index is 5.42. The van der Waals surface area contributed by atoms with Crippen LogP contribution in [0.1, 0.15) is 6.92 Å². The number of hydrogen-bond acceptors (Lipinski definition) is 1. The van der Waals surface area contributed by atoms with E-state index in [1.807, 2.05) is 0 Å². The van der Waals surface area contributed by atoms with Gasteiger partial charge in [0, 0.05) is 0 Å². The van der Waals surface area contributed by atoms with Crippen LogP contribution in [0.5, 0.6) is 0 Å². The summed E-state index contributed by atoms with van der Waals surface area (Å²) in [6, 6.07) is 0. The summed E-state index contributed by atoms with van der Waals surface area (Å²) in [6.45, 7) is 4.98. The largest absolute Gasteiger partial charge is 0.253 e.